The van der Waals surface area contributed by atoms with E-state index in [4.69, 9.17) is 24.7 Å². The highest BCUT2D eigenvalue weighted by Gasteiger charge is 2.31. The van der Waals surface area contributed by atoms with E-state index in [2.05, 4.69) is 5.32 Å². The average molecular weight is 296 g/mol. The van der Waals surface area contributed by atoms with Crippen molar-refractivity contribution in [2.24, 2.45) is 11.7 Å². The van der Waals surface area contributed by atoms with Crippen LogP contribution in [0.4, 0.5) is 5.69 Å². The van der Waals surface area contributed by atoms with Crippen LogP contribution in [-0.2, 0) is 9.53 Å². The number of hydrogen-bond donors (Lipinski definition) is 2. The van der Waals surface area contributed by atoms with Gasteiger partial charge in [0.2, 0.25) is 11.7 Å². The van der Waals surface area contributed by atoms with Gasteiger partial charge in [-0.3, -0.25) is 4.79 Å². The smallest absolute Gasteiger partial charge is 0.231 e. The van der Waals surface area contributed by atoms with Gasteiger partial charge in [0.1, 0.15) is 0 Å². The zero-order valence-corrected chi connectivity index (χ0v) is 12.3. The molecule has 1 heterocycles. The summed E-state index contributed by atoms with van der Waals surface area (Å²) in [6.45, 7) is 0.727. The van der Waals surface area contributed by atoms with E-state index in [-0.39, 0.29) is 17.9 Å². The van der Waals surface area contributed by atoms with Gasteiger partial charge >= 0.3 is 0 Å². The summed E-state index contributed by atoms with van der Waals surface area (Å²) in [5.74, 6) is 0.871. The van der Waals surface area contributed by atoms with Crippen LogP contribution in [0.1, 0.15) is 0 Å². The monoisotopic (exact) mass is 296 g/mol. The van der Waals surface area contributed by atoms with Crippen molar-refractivity contribution in [2.75, 3.05) is 39.9 Å². The zero-order valence-electron chi connectivity index (χ0n) is 12.3. The molecule has 0 aliphatic carbocycles. The Hall–Kier alpha value is -1.99. The number of ether oxygens (including phenoxy) is 4. The molecule has 0 bridgehead atoms. The van der Waals surface area contributed by atoms with Crippen LogP contribution in [0.5, 0.6) is 17.2 Å². The van der Waals surface area contributed by atoms with Crippen molar-refractivity contribution in [3.8, 4) is 17.2 Å². The second kappa shape index (κ2) is 6.64. The number of carbonyl (C=O) groups is 1. The van der Waals surface area contributed by atoms with Crippen LogP contribution in [0, 0.1) is 5.92 Å². The fourth-order valence-corrected chi connectivity index (χ4v) is 2.23. The Morgan fingerprint density at radius 1 is 1.19 bits per heavy atom. The minimum Gasteiger partial charge on any atom is -0.493 e. The van der Waals surface area contributed by atoms with Gasteiger partial charge in [0.05, 0.1) is 40.5 Å². The number of hydrogen-bond acceptors (Lipinski definition) is 6. The molecule has 1 aliphatic rings. The van der Waals surface area contributed by atoms with Crippen LogP contribution >= 0.6 is 0 Å². The Morgan fingerprint density at radius 3 is 2.24 bits per heavy atom. The second-order valence-electron chi connectivity index (χ2n) is 4.71. The van der Waals surface area contributed by atoms with E-state index >= 15 is 0 Å². The predicted octanol–water partition coefficient (Wildman–Crippen LogP) is 0.625. The average Bonchev–Trinajstić information content (AvgIpc) is 2.92. The molecule has 1 fully saturated rings. The van der Waals surface area contributed by atoms with Crippen molar-refractivity contribution in [1.29, 1.82) is 0 Å². The van der Waals surface area contributed by atoms with Gasteiger partial charge in [0.15, 0.2) is 11.5 Å². The van der Waals surface area contributed by atoms with Crippen molar-refractivity contribution < 1.29 is 23.7 Å². The molecule has 7 nitrogen and oxygen atoms in total. The first kappa shape index (κ1) is 15.4. The molecule has 0 spiro atoms. The van der Waals surface area contributed by atoms with E-state index in [1.54, 1.807) is 12.1 Å². The van der Waals surface area contributed by atoms with E-state index < -0.39 is 0 Å². The maximum atomic E-state index is 12.2. The lowest BCUT2D eigenvalue weighted by Crippen LogP contribution is -2.37. The summed E-state index contributed by atoms with van der Waals surface area (Å²) < 4.78 is 20.9. The third-order valence-corrected chi connectivity index (χ3v) is 3.39. The van der Waals surface area contributed by atoms with Crippen molar-refractivity contribution in [1.82, 2.24) is 0 Å². The molecule has 1 aromatic carbocycles. The van der Waals surface area contributed by atoms with Crippen molar-refractivity contribution in [2.45, 2.75) is 6.04 Å². The lowest BCUT2D eigenvalue weighted by molar-refractivity contribution is -0.120. The predicted molar refractivity (Wildman–Crippen MR) is 77.0 cm³/mol. The van der Waals surface area contributed by atoms with Gasteiger partial charge in [-0.1, -0.05) is 0 Å². The van der Waals surface area contributed by atoms with Crippen molar-refractivity contribution in [3.05, 3.63) is 12.1 Å². The van der Waals surface area contributed by atoms with E-state index in [9.17, 15) is 4.79 Å². The Balaban J connectivity index is 2.21. The van der Waals surface area contributed by atoms with Gasteiger partial charge in [0.25, 0.3) is 0 Å². The van der Waals surface area contributed by atoms with Gasteiger partial charge in [-0.05, 0) is 0 Å². The molecule has 2 rings (SSSR count). The molecule has 2 atom stereocenters. The molecule has 0 radical (unpaired) electrons. The fourth-order valence-electron chi connectivity index (χ4n) is 2.23. The van der Waals surface area contributed by atoms with Gasteiger partial charge in [-0.15, -0.1) is 0 Å². The number of nitrogens with two attached hydrogens (primary N) is 1. The Kier molecular flexibility index (Phi) is 4.87. The first-order valence-electron chi connectivity index (χ1n) is 6.55. The summed E-state index contributed by atoms with van der Waals surface area (Å²) in [7, 11) is 4.56. The number of amides is 1. The zero-order chi connectivity index (χ0) is 15.4. The molecule has 1 aliphatic heterocycles. The Bertz CT molecular complexity index is 495. The summed E-state index contributed by atoms with van der Waals surface area (Å²) in [6.07, 6.45) is 0. The van der Waals surface area contributed by atoms with Crippen LogP contribution in [-0.4, -0.2) is 46.5 Å². The molecule has 1 aromatic rings. The minimum absolute atomic E-state index is 0.186. The number of carbonyl (C=O) groups excluding carboxylic acids is 1. The van der Waals surface area contributed by atoms with Gasteiger partial charge in [-0.25, -0.2) is 0 Å². The van der Waals surface area contributed by atoms with Gasteiger partial charge < -0.3 is 30.0 Å². The number of nitrogens with one attached hydrogen (secondary N) is 1. The fraction of sp³-hybridized carbons (Fsp3) is 0.500. The van der Waals surface area contributed by atoms with E-state index in [1.807, 2.05) is 0 Å². The third kappa shape index (κ3) is 3.20. The lowest BCUT2D eigenvalue weighted by atomic mass is 10.0. The molecule has 21 heavy (non-hydrogen) atoms. The van der Waals surface area contributed by atoms with Crippen LogP contribution in [0.15, 0.2) is 12.1 Å². The maximum Gasteiger partial charge on any atom is 0.231 e. The summed E-state index contributed by atoms with van der Waals surface area (Å²) in [4.78, 5) is 12.2. The number of benzene rings is 1. The van der Waals surface area contributed by atoms with Crippen LogP contribution in [0.25, 0.3) is 0 Å². The maximum absolute atomic E-state index is 12.2. The molecule has 116 valence electrons. The molecular weight excluding hydrogens is 276 g/mol. The molecule has 2 unspecified atom stereocenters. The highest BCUT2D eigenvalue weighted by molar-refractivity contribution is 5.94. The van der Waals surface area contributed by atoms with Crippen molar-refractivity contribution in [3.63, 3.8) is 0 Å². The molecule has 3 N–H and O–H groups in total. The van der Waals surface area contributed by atoms with E-state index in [0.717, 1.165) is 0 Å². The first-order valence-corrected chi connectivity index (χ1v) is 6.55. The highest BCUT2D eigenvalue weighted by Crippen LogP contribution is 2.40. The number of rotatable bonds is 5. The van der Waals surface area contributed by atoms with Crippen LogP contribution < -0.4 is 25.3 Å². The summed E-state index contributed by atoms with van der Waals surface area (Å²) in [6, 6.07) is 3.05. The highest BCUT2D eigenvalue weighted by atomic mass is 16.5. The molecule has 1 amide bonds. The molecular formula is C14H20N2O5. The molecule has 1 saturated heterocycles. The van der Waals surface area contributed by atoms with Crippen molar-refractivity contribution >= 4 is 11.6 Å². The Labute approximate surface area is 123 Å². The second-order valence-corrected chi connectivity index (χ2v) is 4.71. The standard InChI is InChI=1S/C14H20N2O5/c1-18-11-4-8(5-12(19-2)13(11)20-3)16-14(17)9-6-21-7-10(9)15/h4-5,9-10H,6-7,15H2,1-3H3,(H,16,17). The van der Waals surface area contributed by atoms with Gasteiger partial charge in [-0.2, -0.15) is 0 Å². The number of methoxy groups -OCH3 is 3. The van der Waals surface area contributed by atoms with Gasteiger partial charge in [0, 0.05) is 23.9 Å². The largest absolute Gasteiger partial charge is 0.493 e. The quantitative estimate of drug-likeness (QED) is 0.828. The first-order chi connectivity index (χ1) is 10.1. The SMILES string of the molecule is COc1cc(NC(=O)C2COCC2N)cc(OC)c1OC. The van der Waals surface area contributed by atoms with E-state index in [1.165, 1.54) is 21.3 Å². The normalized spacial score (nSPS) is 21.0. The Morgan fingerprint density at radius 2 is 1.81 bits per heavy atom. The lowest BCUT2D eigenvalue weighted by Gasteiger charge is -2.17. The summed E-state index contributed by atoms with van der Waals surface area (Å²) >= 11 is 0. The van der Waals surface area contributed by atoms with Crippen LogP contribution in [0.3, 0.4) is 0 Å². The molecule has 0 saturated carbocycles. The number of anilines is 1. The van der Waals surface area contributed by atoms with E-state index in [0.29, 0.717) is 36.1 Å². The summed E-state index contributed by atoms with van der Waals surface area (Å²) in [5.41, 5.74) is 6.39. The molecule has 7 heteroatoms. The topological polar surface area (TPSA) is 92.0 Å². The molecule has 0 aromatic heterocycles. The summed E-state index contributed by atoms with van der Waals surface area (Å²) in [5, 5.41) is 2.80. The third-order valence-electron chi connectivity index (χ3n) is 3.39. The minimum atomic E-state index is -0.357. The van der Waals surface area contributed by atoms with Crippen LogP contribution in [0.2, 0.25) is 0 Å².